The summed E-state index contributed by atoms with van der Waals surface area (Å²) in [5.74, 6) is 0.676. The lowest BCUT2D eigenvalue weighted by Crippen LogP contribution is -2.32. The summed E-state index contributed by atoms with van der Waals surface area (Å²) in [6.45, 7) is 9.20. The zero-order chi connectivity index (χ0) is 13.8. The average molecular weight is 277 g/mol. The number of amides is 1. The molecule has 5 heteroatoms. The zero-order valence-electron chi connectivity index (χ0n) is 11.8. The summed E-state index contributed by atoms with van der Waals surface area (Å²) in [4.78, 5) is 11.1. The first-order valence-electron chi connectivity index (χ1n) is 6.65. The van der Waals surface area contributed by atoms with Gasteiger partial charge >= 0.3 is 0 Å². The van der Waals surface area contributed by atoms with Crippen molar-refractivity contribution in [1.82, 2.24) is 5.32 Å². The molecular formula is C13H27NO3S. The lowest BCUT2D eigenvalue weighted by atomic mass is 10.1. The molecule has 0 aliphatic carbocycles. The molecule has 1 amide bonds. The van der Waals surface area contributed by atoms with E-state index in [9.17, 15) is 4.79 Å². The minimum Gasteiger partial charge on any atom is -0.379 e. The van der Waals surface area contributed by atoms with Gasteiger partial charge in [0, 0.05) is 13.2 Å². The Kier molecular flexibility index (Phi) is 11.6. The summed E-state index contributed by atoms with van der Waals surface area (Å²) in [6, 6.07) is 0. The van der Waals surface area contributed by atoms with Gasteiger partial charge in [-0.2, -0.15) is 12.6 Å². The second kappa shape index (κ2) is 11.8. The molecule has 0 saturated carbocycles. The van der Waals surface area contributed by atoms with Crippen LogP contribution in [0, 0.1) is 5.92 Å². The first kappa shape index (κ1) is 17.7. The van der Waals surface area contributed by atoms with Gasteiger partial charge in [0.25, 0.3) is 0 Å². The van der Waals surface area contributed by atoms with Crippen molar-refractivity contribution in [1.29, 1.82) is 0 Å². The molecule has 0 aliphatic heterocycles. The first-order chi connectivity index (χ1) is 8.54. The maximum atomic E-state index is 11.1. The van der Waals surface area contributed by atoms with Crippen molar-refractivity contribution in [2.75, 3.05) is 33.0 Å². The van der Waals surface area contributed by atoms with Crippen molar-refractivity contribution in [3.63, 3.8) is 0 Å². The molecule has 0 fully saturated rings. The molecule has 0 radical (unpaired) electrons. The fraction of sp³-hybridized carbons (Fsp3) is 0.923. The maximum Gasteiger partial charge on any atom is 0.232 e. The number of ether oxygens (including phenoxy) is 2. The second-order valence-electron chi connectivity index (χ2n) is 4.73. The molecule has 108 valence electrons. The lowest BCUT2D eigenvalue weighted by molar-refractivity contribution is -0.120. The molecule has 1 unspecified atom stereocenters. The van der Waals surface area contributed by atoms with Crippen LogP contribution in [0.1, 0.15) is 33.6 Å². The van der Waals surface area contributed by atoms with Crippen molar-refractivity contribution in [2.45, 2.75) is 38.9 Å². The number of hydrogen-bond acceptors (Lipinski definition) is 4. The lowest BCUT2D eigenvalue weighted by Gasteiger charge is -2.08. The number of hydrogen-bond donors (Lipinski definition) is 2. The van der Waals surface area contributed by atoms with Crippen LogP contribution in [0.15, 0.2) is 0 Å². The van der Waals surface area contributed by atoms with Crippen molar-refractivity contribution in [2.24, 2.45) is 5.92 Å². The Morgan fingerprint density at radius 3 is 2.28 bits per heavy atom. The van der Waals surface area contributed by atoms with Crippen LogP contribution in [0.25, 0.3) is 0 Å². The standard InChI is InChI=1S/C13H27NO3S/c1-11(2)5-4-7-16-9-10-17-8-6-14-13(15)12(3)18/h11-12,18H,4-10H2,1-3H3,(H,14,15). The molecule has 18 heavy (non-hydrogen) atoms. The largest absolute Gasteiger partial charge is 0.379 e. The molecule has 0 saturated heterocycles. The van der Waals surface area contributed by atoms with Gasteiger partial charge in [-0.05, 0) is 25.7 Å². The molecule has 0 bridgehead atoms. The summed E-state index contributed by atoms with van der Waals surface area (Å²) in [5, 5.41) is 2.46. The van der Waals surface area contributed by atoms with E-state index < -0.39 is 0 Å². The van der Waals surface area contributed by atoms with Gasteiger partial charge in [0.1, 0.15) is 0 Å². The molecule has 0 aromatic carbocycles. The quantitative estimate of drug-likeness (QED) is 0.448. The predicted molar refractivity (Wildman–Crippen MR) is 77.2 cm³/mol. The van der Waals surface area contributed by atoms with Gasteiger partial charge in [-0.3, -0.25) is 4.79 Å². The van der Waals surface area contributed by atoms with Gasteiger partial charge in [0.2, 0.25) is 5.91 Å². The fourth-order valence-corrected chi connectivity index (χ4v) is 1.40. The summed E-state index contributed by atoms with van der Waals surface area (Å²) in [6.07, 6.45) is 2.31. The Morgan fingerprint density at radius 1 is 1.11 bits per heavy atom. The van der Waals surface area contributed by atoms with E-state index in [2.05, 4.69) is 31.8 Å². The molecule has 1 atom stereocenters. The SMILES string of the molecule is CC(C)CCCOCCOCCNC(=O)C(C)S. The number of thiol groups is 1. The Labute approximate surface area is 116 Å². The highest BCUT2D eigenvalue weighted by Crippen LogP contribution is 2.02. The van der Waals surface area contributed by atoms with Crippen LogP contribution in [-0.2, 0) is 14.3 Å². The smallest absolute Gasteiger partial charge is 0.232 e. The molecule has 0 aromatic rings. The van der Waals surface area contributed by atoms with E-state index in [0.29, 0.717) is 26.4 Å². The second-order valence-corrected chi connectivity index (χ2v) is 5.50. The Morgan fingerprint density at radius 2 is 1.72 bits per heavy atom. The highest BCUT2D eigenvalue weighted by Gasteiger charge is 2.05. The predicted octanol–water partition coefficient (Wildman–Crippen LogP) is 1.89. The van der Waals surface area contributed by atoms with Crippen molar-refractivity contribution in [3.05, 3.63) is 0 Å². The Balaban J connectivity index is 3.10. The molecule has 0 rings (SSSR count). The van der Waals surface area contributed by atoms with Gasteiger partial charge in [-0.15, -0.1) is 0 Å². The van der Waals surface area contributed by atoms with E-state index in [1.54, 1.807) is 6.92 Å². The van der Waals surface area contributed by atoms with Crippen LogP contribution in [0.2, 0.25) is 0 Å². The van der Waals surface area contributed by atoms with Crippen LogP contribution in [-0.4, -0.2) is 44.1 Å². The van der Waals surface area contributed by atoms with Crippen molar-refractivity contribution in [3.8, 4) is 0 Å². The van der Waals surface area contributed by atoms with E-state index >= 15 is 0 Å². The molecule has 0 aromatic heterocycles. The van der Waals surface area contributed by atoms with Gasteiger partial charge < -0.3 is 14.8 Å². The molecule has 0 heterocycles. The Hall–Kier alpha value is -0.260. The number of carbonyl (C=O) groups excluding carboxylic acids is 1. The summed E-state index contributed by atoms with van der Waals surface area (Å²) in [7, 11) is 0. The summed E-state index contributed by atoms with van der Waals surface area (Å²) in [5.41, 5.74) is 0. The van der Waals surface area contributed by atoms with Crippen LogP contribution < -0.4 is 5.32 Å². The minimum absolute atomic E-state index is 0.0631. The molecule has 0 spiro atoms. The topological polar surface area (TPSA) is 47.6 Å². The highest BCUT2D eigenvalue weighted by atomic mass is 32.1. The number of nitrogens with one attached hydrogen (secondary N) is 1. The van der Waals surface area contributed by atoms with Crippen LogP contribution in [0.5, 0.6) is 0 Å². The number of rotatable bonds is 11. The highest BCUT2D eigenvalue weighted by molar-refractivity contribution is 7.81. The van der Waals surface area contributed by atoms with Gasteiger partial charge in [-0.1, -0.05) is 13.8 Å². The van der Waals surface area contributed by atoms with E-state index in [0.717, 1.165) is 18.9 Å². The summed E-state index contributed by atoms with van der Waals surface area (Å²) < 4.78 is 10.8. The fourth-order valence-electron chi connectivity index (χ4n) is 1.31. The monoisotopic (exact) mass is 277 g/mol. The number of carbonyl (C=O) groups is 1. The third kappa shape index (κ3) is 12.2. The molecular weight excluding hydrogens is 250 g/mol. The minimum atomic E-state index is -0.269. The van der Waals surface area contributed by atoms with E-state index in [1.807, 2.05) is 0 Å². The van der Waals surface area contributed by atoms with Crippen molar-refractivity contribution >= 4 is 18.5 Å². The molecule has 1 N–H and O–H groups in total. The third-order valence-electron chi connectivity index (χ3n) is 2.37. The summed E-state index contributed by atoms with van der Waals surface area (Å²) >= 11 is 4.03. The van der Waals surface area contributed by atoms with Crippen LogP contribution in [0.4, 0.5) is 0 Å². The zero-order valence-corrected chi connectivity index (χ0v) is 12.7. The van der Waals surface area contributed by atoms with E-state index in [1.165, 1.54) is 6.42 Å². The van der Waals surface area contributed by atoms with Crippen LogP contribution in [0.3, 0.4) is 0 Å². The molecule has 4 nitrogen and oxygen atoms in total. The first-order valence-corrected chi connectivity index (χ1v) is 7.17. The molecule has 0 aliphatic rings. The van der Waals surface area contributed by atoms with Crippen molar-refractivity contribution < 1.29 is 14.3 Å². The third-order valence-corrected chi connectivity index (χ3v) is 2.60. The Bertz CT molecular complexity index is 210. The van der Waals surface area contributed by atoms with Gasteiger partial charge in [-0.25, -0.2) is 0 Å². The maximum absolute atomic E-state index is 11.1. The van der Waals surface area contributed by atoms with Crippen LogP contribution >= 0.6 is 12.6 Å². The average Bonchev–Trinajstić information content (AvgIpc) is 2.30. The normalized spacial score (nSPS) is 12.7. The van der Waals surface area contributed by atoms with E-state index in [4.69, 9.17) is 9.47 Å². The van der Waals surface area contributed by atoms with Gasteiger partial charge in [0.15, 0.2) is 0 Å². The van der Waals surface area contributed by atoms with Gasteiger partial charge in [0.05, 0.1) is 25.1 Å². The van der Waals surface area contributed by atoms with E-state index in [-0.39, 0.29) is 11.2 Å².